The van der Waals surface area contributed by atoms with E-state index in [0.717, 1.165) is 39.0 Å². The second-order valence-corrected chi connectivity index (χ2v) is 7.84. The molecule has 0 atom stereocenters. The van der Waals surface area contributed by atoms with E-state index in [-0.39, 0.29) is 35.0 Å². The highest BCUT2D eigenvalue weighted by atomic mass is 35.5. The molecule has 2 N–H and O–H groups in total. The zero-order valence-corrected chi connectivity index (χ0v) is 16.5. The fourth-order valence-electron chi connectivity index (χ4n) is 3.57. The Bertz CT molecular complexity index is 742. The number of amides is 2. The van der Waals surface area contributed by atoms with Gasteiger partial charge < -0.3 is 15.3 Å². The van der Waals surface area contributed by atoms with Crippen LogP contribution in [0.5, 0.6) is 5.75 Å². The molecule has 6 nitrogen and oxygen atoms in total. The molecule has 2 heterocycles. The van der Waals surface area contributed by atoms with Crippen LogP contribution in [0.4, 0.5) is 0 Å². The molecule has 0 bridgehead atoms. The number of aromatic hydroxyl groups is 1. The quantitative estimate of drug-likeness (QED) is 0.729. The lowest BCUT2D eigenvalue weighted by Crippen LogP contribution is -2.62. The fourth-order valence-corrected chi connectivity index (χ4v) is 3.91. The topological polar surface area (TPSA) is 72.9 Å². The second-order valence-electron chi connectivity index (χ2n) is 7.02. The van der Waals surface area contributed by atoms with Crippen LogP contribution in [0.15, 0.2) is 24.8 Å². The average molecular weight is 412 g/mol. The van der Waals surface area contributed by atoms with E-state index in [1.165, 1.54) is 12.1 Å². The summed E-state index contributed by atoms with van der Waals surface area (Å²) in [6.45, 7) is 6.87. The molecule has 2 aliphatic heterocycles. The minimum atomic E-state index is -0.0443. The molecule has 0 saturated carbocycles. The number of phenols is 1. The first kappa shape index (κ1) is 20.0. The summed E-state index contributed by atoms with van der Waals surface area (Å²) >= 11 is 11.8. The lowest BCUT2D eigenvalue weighted by Gasteiger charge is -2.47. The summed E-state index contributed by atoms with van der Waals surface area (Å²) in [4.78, 5) is 28.1. The van der Waals surface area contributed by atoms with Gasteiger partial charge in [-0.3, -0.25) is 14.5 Å². The molecule has 0 aliphatic carbocycles. The average Bonchev–Trinajstić information content (AvgIpc) is 2.62. The van der Waals surface area contributed by atoms with Gasteiger partial charge in [0.15, 0.2) is 0 Å². The molecule has 2 aliphatic rings. The van der Waals surface area contributed by atoms with Gasteiger partial charge >= 0.3 is 0 Å². The van der Waals surface area contributed by atoms with Crippen molar-refractivity contribution < 1.29 is 14.7 Å². The van der Waals surface area contributed by atoms with Gasteiger partial charge in [-0.25, -0.2) is 0 Å². The Morgan fingerprint density at radius 1 is 1.22 bits per heavy atom. The summed E-state index contributed by atoms with van der Waals surface area (Å²) in [6, 6.07) is 3.32. The van der Waals surface area contributed by atoms with Crippen LogP contribution in [-0.4, -0.2) is 58.9 Å². The number of carbonyl (C=O) groups is 2. The Labute approximate surface area is 168 Å². The first-order valence-electron chi connectivity index (χ1n) is 8.99. The lowest BCUT2D eigenvalue weighted by molar-refractivity contribution is -0.134. The summed E-state index contributed by atoms with van der Waals surface area (Å²) in [5.41, 5.74) is 0.539. The third-order valence-electron chi connectivity index (χ3n) is 5.34. The van der Waals surface area contributed by atoms with Crippen LogP contribution in [0.25, 0.3) is 0 Å². The van der Waals surface area contributed by atoms with Gasteiger partial charge in [0, 0.05) is 43.2 Å². The number of likely N-dealkylation sites (tertiary alicyclic amines) is 2. The predicted octanol–water partition coefficient (Wildman–Crippen LogP) is 2.42. The summed E-state index contributed by atoms with van der Waals surface area (Å²) in [6.07, 6.45) is 2.91. The highest BCUT2D eigenvalue weighted by Crippen LogP contribution is 2.30. The Hall–Kier alpha value is -1.76. The minimum Gasteiger partial charge on any atom is -0.508 e. The van der Waals surface area contributed by atoms with Crippen molar-refractivity contribution in [2.45, 2.75) is 25.4 Å². The van der Waals surface area contributed by atoms with Crippen molar-refractivity contribution >= 4 is 35.0 Å². The zero-order chi connectivity index (χ0) is 19.6. The molecule has 2 amide bonds. The molecule has 0 spiro atoms. The van der Waals surface area contributed by atoms with Crippen molar-refractivity contribution in [3.63, 3.8) is 0 Å². The summed E-state index contributed by atoms with van der Waals surface area (Å²) in [5.74, 6) is -0.0662. The number of halogens is 2. The van der Waals surface area contributed by atoms with Crippen LogP contribution in [0.1, 0.15) is 18.4 Å². The van der Waals surface area contributed by atoms with Crippen LogP contribution < -0.4 is 5.32 Å². The van der Waals surface area contributed by atoms with Gasteiger partial charge in [0.05, 0.1) is 10.0 Å². The number of piperidine rings is 1. The molecule has 1 aromatic rings. The number of hydrogen-bond donors (Lipinski definition) is 2. The van der Waals surface area contributed by atoms with Gasteiger partial charge in [-0.05, 0) is 38.1 Å². The maximum absolute atomic E-state index is 12.4. The number of nitrogens with one attached hydrogen (secondary N) is 1. The molecule has 0 unspecified atom stereocenters. The van der Waals surface area contributed by atoms with Gasteiger partial charge in [-0.2, -0.15) is 0 Å². The smallest absolute Gasteiger partial charge is 0.246 e. The van der Waals surface area contributed by atoms with Gasteiger partial charge in [0.1, 0.15) is 5.75 Å². The fraction of sp³-hybridized carbons (Fsp3) is 0.474. The maximum atomic E-state index is 12.4. The van der Waals surface area contributed by atoms with Crippen LogP contribution >= 0.6 is 23.2 Å². The van der Waals surface area contributed by atoms with Crippen molar-refractivity contribution in [1.29, 1.82) is 0 Å². The molecule has 2 fully saturated rings. The first-order valence-corrected chi connectivity index (χ1v) is 9.74. The van der Waals surface area contributed by atoms with Crippen molar-refractivity contribution in [1.82, 2.24) is 15.1 Å². The Kier molecular flexibility index (Phi) is 6.29. The van der Waals surface area contributed by atoms with E-state index < -0.39 is 0 Å². The standard InChI is InChI=1S/C19H23Cl2N3O3/c1-2-18(26)24-10-14(11-24)23-5-3-12(4-6-23)19(27)22-9-13-7-15(20)16(21)8-17(13)25/h2,7-8,12,14,25H,1,3-6,9-11H2,(H,22,27). The molecule has 3 rings (SSSR count). The Morgan fingerprint density at radius 3 is 2.48 bits per heavy atom. The number of rotatable bonds is 5. The summed E-state index contributed by atoms with van der Waals surface area (Å²) < 4.78 is 0. The molecule has 8 heteroatoms. The normalized spacial score (nSPS) is 18.8. The highest BCUT2D eigenvalue weighted by molar-refractivity contribution is 6.42. The van der Waals surface area contributed by atoms with Crippen LogP contribution in [0.3, 0.4) is 0 Å². The third-order valence-corrected chi connectivity index (χ3v) is 6.06. The largest absolute Gasteiger partial charge is 0.508 e. The third kappa shape index (κ3) is 4.57. The molecule has 27 heavy (non-hydrogen) atoms. The molecule has 0 aromatic heterocycles. The number of benzene rings is 1. The number of hydrogen-bond acceptors (Lipinski definition) is 4. The van der Waals surface area contributed by atoms with E-state index in [0.29, 0.717) is 16.6 Å². The van der Waals surface area contributed by atoms with Crippen molar-refractivity contribution in [3.8, 4) is 5.75 Å². The molecule has 0 radical (unpaired) electrons. The second kappa shape index (κ2) is 8.50. The minimum absolute atomic E-state index is 0.0165. The summed E-state index contributed by atoms with van der Waals surface area (Å²) in [5, 5.41) is 13.4. The van der Waals surface area contributed by atoms with E-state index in [1.54, 1.807) is 11.0 Å². The van der Waals surface area contributed by atoms with E-state index in [1.807, 2.05) is 0 Å². The van der Waals surface area contributed by atoms with E-state index in [4.69, 9.17) is 23.2 Å². The SMILES string of the molecule is C=CC(=O)N1CC(N2CCC(C(=O)NCc3cc(Cl)c(Cl)cc3O)CC2)C1. The number of nitrogens with zero attached hydrogens (tertiary/aromatic N) is 2. The van der Waals surface area contributed by atoms with Crippen LogP contribution in [0.2, 0.25) is 10.0 Å². The van der Waals surface area contributed by atoms with Gasteiger partial charge in [-0.15, -0.1) is 0 Å². The van der Waals surface area contributed by atoms with Crippen molar-refractivity contribution in [2.75, 3.05) is 26.2 Å². The van der Waals surface area contributed by atoms with Crippen LogP contribution in [0, 0.1) is 5.92 Å². The number of phenolic OH excluding ortho intramolecular Hbond substituents is 1. The van der Waals surface area contributed by atoms with Gasteiger partial charge in [-0.1, -0.05) is 29.8 Å². The lowest BCUT2D eigenvalue weighted by atomic mass is 9.93. The first-order chi connectivity index (χ1) is 12.9. The van der Waals surface area contributed by atoms with Gasteiger partial charge in [0.25, 0.3) is 0 Å². The Morgan fingerprint density at radius 2 is 1.85 bits per heavy atom. The Balaban J connectivity index is 1.43. The maximum Gasteiger partial charge on any atom is 0.246 e. The monoisotopic (exact) mass is 411 g/mol. The van der Waals surface area contributed by atoms with E-state index >= 15 is 0 Å². The zero-order valence-electron chi connectivity index (χ0n) is 15.0. The van der Waals surface area contributed by atoms with E-state index in [2.05, 4.69) is 16.8 Å². The highest BCUT2D eigenvalue weighted by Gasteiger charge is 2.36. The molecular weight excluding hydrogens is 389 g/mol. The van der Waals surface area contributed by atoms with Gasteiger partial charge in [0.2, 0.25) is 11.8 Å². The molecule has 146 valence electrons. The number of carbonyl (C=O) groups excluding carboxylic acids is 2. The predicted molar refractivity (Wildman–Crippen MR) is 105 cm³/mol. The van der Waals surface area contributed by atoms with Crippen molar-refractivity contribution in [3.05, 3.63) is 40.4 Å². The molecule has 2 saturated heterocycles. The van der Waals surface area contributed by atoms with Crippen LogP contribution in [-0.2, 0) is 16.1 Å². The molecular formula is C19H23Cl2N3O3. The molecule has 1 aromatic carbocycles. The summed E-state index contributed by atoms with van der Waals surface area (Å²) in [7, 11) is 0. The van der Waals surface area contributed by atoms with E-state index in [9.17, 15) is 14.7 Å². The van der Waals surface area contributed by atoms with Crippen molar-refractivity contribution in [2.24, 2.45) is 5.92 Å².